The van der Waals surface area contributed by atoms with E-state index in [-0.39, 0.29) is 33.8 Å². The smallest absolute Gasteiger partial charge is 0.296 e. The monoisotopic (exact) mass is 431 g/mol. The molecule has 0 saturated heterocycles. The second-order valence-electron chi connectivity index (χ2n) is 6.86. The minimum Gasteiger partial charge on any atom is -0.494 e. The molecule has 9 nitrogen and oxygen atoms in total. The molecule has 0 unspecified atom stereocenters. The fourth-order valence-electron chi connectivity index (χ4n) is 3.43. The Labute approximate surface area is 182 Å². The maximum absolute atomic E-state index is 12.8. The lowest BCUT2D eigenvalue weighted by Gasteiger charge is -2.15. The quantitative estimate of drug-likeness (QED) is 0.357. The van der Waals surface area contributed by atoms with Gasteiger partial charge >= 0.3 is 0 Å². The Bertz CT molecular complexity index is 1240. The van der Waals surface area contributed by atoms with Crippen LogP contribution in [0, 0.1) is 10.1 Å². The summed E-state index contributed by atoms with van der Waals surface area (Å²) in [5.74, 6) is -1.28. The maximum atomic E-state index is 12.8. The SMILES string of the molecule is CCOc1ccc(NC(=O)c2cccc(N3C(=O)c4ccccc4C3=O)c2)c([N+](=O)[O-])c1. The summed E-state index contributed by atoms with van der Waals surface area (Å²) in [6, 6.07) is 16.5. The first-order valence-corrected chi connectivity index (χ1v) is 9.71. The number of carbonyl (C=O) groups excluding carboxylic acids is 3. The number of nitrogens with one attached hydrogen (secondary N) is 1. The average Bonchev–Trinajstić information content (AvgIpc) is 3.05. The van der Waals surface area contributed by atoms with Gasteiger partial charge < -0.3 is 10.1 Å². The van der Waals surface area contributed by atoms with E-state index in [0.717, 1.165) is 4.90 Å². The van der Waals surface area contributed by atoms with Gasteiger partial charge in [0.15, 0.2) is 0 Å². The number of imide groups is 1. The Balaban J connectivity index is 1.61. The van der Waals surface area contributed by atoms with Crippen molar-refractivity contribution in [3.63, 3.8) is 0 Å². The summed E-state index contributed by atoms with van der Waals surface area (Å²) in [4.78, 5) is 50.0. The molecule has 4 rings (SSSR count). The molecule has 0 aromatic heterocycles. The van der Waals surface area contributed by atoms with Crippen molar-refractivity contribution in [1.29, 1.82) is 0 Å². The lowest BCUT2D eigenvalue weighted by molar-refractivity contribution is -0.384. The van der Waals surface area contributed by atoms with E-state index in [0.29, 0.717) is 12.4 Å². The number of benzene rings is 3. The molecule has 0 atom stereocenters. The molecule has 3 aromatic carbocycles. The average molecular weight is 431 g/mol. The molecule has 1 aliphatic heterocycles. The molecule has 0 fully saturated rings. The lowest BCUT2D eigenvalue weighted by Crippen LogP contribution is -2.29. The number of nitro benzene ring substituents is 1. The number of nitro groups is 1. The van der Waals surface area contributed by atoms with Crippen LogP contribution >= 0.6 is 0 Å². The summed E-state index contributed by atoms with van der Waals surface area (Å²) in [6.45, 7) is 2.09. The van der Waals surface area contributed by atoms with Crippen LogP contribution in [0.4, 0.5) is 17.1 Å². The van der Waals surface area contributed by atoms with Crippen molar-refractivity contribution in [2.75, 3.05) is 16.8 Å². The van der Waals surface area contributed by atoms with Crippen molar-refractivity contribution in [2.45, 2.75) is 6.92 Å². The molecule has 0 saturated carbocycles. The van der Waals surface area contributed by atoms with Gasteiger partial charge in [-0.1, -0.05) is 18.2 Å². The van der Waals surface area contributed by atoms with E-state index in [1.807, 2.05) is 0 Å². The largest absolute Gasteiger partial charge is 0.494 e. The van der Waals surface area contributed by atoms with E-state index in [4.69, 9.17) is 4.74 Å². The second-order valence-corrected chi connectivity index (χ2v) is 6.86. The van der Waals surface area contributed by atoms with Crippen molar-refractivity contribution in [2.24, 2.45) is 0 Å². The zero-order chi connectivity index (χ0) is 22.8. The van der Waals surface area contributed by atoms with Crippen molar-refractivity contribution in [1.82, 2.24) is 0 Å². The van der Waals surface area contributed by atoms with Crippen LogP contribution in [0.5, 0.6) is 5.75 Å². The van der Waals surface area contributed by atoms with Crippen molar-refractivity contribution < 1.29 is 24.0 Å². The third-order valence-corrected chi connectivity index (χ3v) is 4.89. The zero-order valence-electron chi connectivity index (χ0n) is 16.9. The van der Waals surface area contributed by atoms with Gasteiger partial charge in [0.1, 0.15) is 11.4 Å². The van der Waals surface area contributed by atoms with Crippen LogP contribution in [0.1, 0.15) is 38.0 Å². The van der Waals surface area contributed by atoms with Crippen molar-refractivity contribution in [3.05, 3.63) is 93.5 Å². The number of hydrogen-bond acceptors (Lipinski definition) is 6. The number of rotatable bonds is 6. The molecule has 32 heavy (non-hydrogen) atoms. The first-order valence-electron chi connectivity index (χ1n) is 9.71. The number of ether oxygens (including phenoxy) is 1. The van der Waals surface area contributed by atoms with E-state index in [9.17, 15) is 24.5 Å². The van der Waals surface area contributed by atoms with Crippen molar-refractivity contribution >= 4 is 34.8 Å². The lowest BCUT2D eigenvalue weighted by atomic mass is 10.1. The summed E-state index contributed by atoms with van der Waals surface area (Å²) in [5, 5.41) is 13.9. The third kappa shape index (κ3) is 3.67. The molecular formula is C23H17N3O6. The number of anilines is 2. The number of fused-ring (bicyclic) bond motifs is 1. The van der Waals surface area contributed by atoms with Gasteiger partial charge in [0, 0.05) is 5.56 Å². The minimum absolute atomic E-state index is 0.00501. The van der Waals surface area contributed by atoms with Gasteiger partial charge in [-0.15, -0.1) is 0 Å². The topological polar surface area (TPSA) is 119 Å². The standard InChI is InChI=1S/C23H17N3O6/c1-2-32-16-10-11-19(20(13-16)26(30)31)24-21(27)14-6-5-7-15(12-14)25-22(28)17-8-3-4-9-18(17)23(25)29/h3-13H,2H2,1H3,(H,24,27). The van der Waals surface area contributed by atoms with Crippen molar-refractivity contribution in [3.8, 4) is 5.75 Å². The molecule has 0 radical (unpaired) electrons. The van der Waals surface area contributed by atoms with Crippen LogP contribution in [0.15, 0.2) is 66.7 Å². The first-order chi connectivity index (χ1) is 15.4. The summed E-state index contributed by atoms with van der Waals surface area (Å²) in [5.41, 5.74) is 0.609. The fourth-order valence-corrected chi connectivity index (χ4v) is 3.43. The van der Waals surface area contributed by atoms with Gasteiger partial charge in [0.05, 0.1) is 34.4 Å². The highest BCUT2D eigenvalue weighted by Crippen LogP contribution is 2.31. The van der Waals surface area contributed by atoms with E-state index in [1.165, 1.54) is 42.5 Å². The molecule has 0 bridgehead atoms. The molecule has 1 heterocycles. The van der Waals surface area contributed by atoms with Gasteiger partial charge in [-0.3, -0.25) is 24.5 Å². The third-order valence-electron chi connectivity index (χ3n) is 4.89. The molecular weight excluding hydrogens is 414 g/mol. The number of amides is 3. The fraction of sp³-hybridized carbons (Fsp3) is 0.0870. The Kier molecular flexibility index (Phi) is 5.38. The summed E-state index contributed by atoms with van der Waals surface area (Å²) in [7, 11) is 0. The van der Waals surface area contributed by atoms with Crippen LogP contribution in [0.2, 0.25) is 0 Å². The summed E-state index contributed by atoms with van der Waals surface area (Å²) in [6.07, 6.45) is 0. The second kappa shape index (κ2) is 8.31. The predicted octanol–water partition coefficient (Wildman–Crippen LogP) is 4.05. The van der Waals surface area contributed by atoms with E-state index >= 15 is 0 Å². The Morgan fingerprint density at radius 1 is 1.00 bits per heavy atom. The Hall–Kier alpha value is -4.53. The molecule has 160 valence electrons. The molecule has 3 amide bonds. The number of hydrogen-bond donors (Lipinski definition) is 1. The molecule has 9 heteroatoms. The molecule has 1 N–H and O–H groups in total. The molecule has 0 aliphatic carbocycles. The highest BCUT2D eigenvalue weighted by Gasteiger charge is 2.36. The van der Waals surface area contributed by atoms with Crippen LogP contribution in [-0.2, 0) is 0 Å². The van der Waals surface area contributed by atoms with Crippen LogP contribution in [0.3, 0.4) is 0 Å². The van der Waals surface area contributed by atoms with Gasteiger partial charge in [0.2, 0.25) is 0 Å². The van der Waals surface area contributed by atoms with E-state index < -0.39 is 22.6 Å². The maximum Gasteiger partial charge on any atom is 0.296 e. The van der Waals surface area contributed by atoms with Crippen LogP contribution in [-0.4, -0.2) is 29.3 Å². The zero-order valence-corrected chi connectivity index (χ0v) is 16.9. The Morgan fingerprint density at radius 3 is 2.31 bits per heavy atom. The highest BCUT2D eigenvalue weighted by molar-refractivity contribution is 6.34. The van der Waals surface area contributed by atoms with Gasteiger partial charge in [-0.2, -0.15) is 0 Å². The number of nitrogens with zero attached hydrogens (tertiary/aromatic N) is 2. The normalized spacial score (nSPS) is 12.5. The van der Waals surface area contributed by atoms with E-state index in [1.54, 1.807) is 31.2 Å². The van der Waals surface area contributed by atoms with Gasteiger partial charge in [-0.05, 0) is 49.4 Å². The summed E-state index contributed by atoms with van der Waals surface area (Å²) < 4.78 is 5.27. The molecule has 3 aromatic rings. The molecule has 1 aliphatic rings. The number of carbonyl (C=O) groups is 3. The first kappa shape index (κ1) is 20.7. The van der Waals surface area contributed by atoms with E-state index in [2.05, 4.69) is 5.32 Å². The molecule has 0 spiro atoms. The minimum atomic E-state index is -0.629. The van der Waals surface area contributed by atoms with Crippen LogP contribution in [0.25, 0.3) is 0 Å². The highest BCUT2D eigenvalue weighted by atomic mass is 16.6. The predicted molar refractivity (Wildman–Crippen MR) is 116 cm³/mol. The van der Waals surface area contributed by atoms with Crippen LogP contribution < -0.4 is 15.0 Å². The Morgan fingerprint density at radius 2 is 1.69 bits per heavy atom. The summed E-state index contributed by atoms with van der Waals surface area (Å²) >= 11 is 0. The van der Waals surface area contributed by atoms with Gasteiger partial charge in [0.25, 0.3) is 23.4 Å². The van der Waals surface area contributed by atoms with Gasteiger partial charge in [-0.25, -0.2) is 4.90 Å².